The summed E-state index contributed by atoms with van der Waals surface area (Å²) < 4.78 is 5.53. The van der Waals surface area contributed by atoms with Gasteiger partial charge in [0.05, 0.1) is 23.8 Å². The van der Waals surface area contributed by atoms with E-state index in [1.807, 2.05) is 30.5 Å². The quantitative estimate of drug-likeness (QED) is 0.630. The van der Waals surface area contributed by atoms with Crippen molar-refractivity contribution in [2.45, 2.75) is 57.4 Å². The predicted octanol–water partition coefficient (Wildman–Crippen LogP) is 4.16. The van der Waals surface area contributed by atoms with Crippen LogP contribution in [0, 0.1) is 5.41 Å². The van der Waals surface area contributed by atoms with Gasteiger partial charge in [-0.05, 0) is 62.6 Å². The molecule has 1 saturated carbocycles. The molecule has 2 aliphatic heterocycles. The largest absolute Gasteiger partial charge is 0.355 e. The second-order valence-corrected chi connectivity index (χ2v) is 9.69. The highest BCUT2D eigenvalue weighted by Crippen LogP contribution is 2.41. The predicted molar refractivity (Wildman–Crippen MR) is 119 cm³/mol. The van der Waals surface area contributed by atoms with Gasteiger partial charge in [0.2, 0.25) is 5.89 Å². The van der Waals surface area contributed by atoms with E-state index < -0.39 is 0 Å². The van der Waals surface area contributed by atoms with Crippen LogP contribution in [0.2, 0.25) is 0 Å². The molecule has 3 fully saturated rings. The fourth-order valence-corrected chi connectivity index (χ4v) is 5.52. The van der Waals surface area contributed by atoms with Crippen molar-refractivity contribution in [1.82, 2.24) is 25.0 Å². The number of benzene rings is 1. The molecule has 7 heteroatoms. The lowest BCUT2D eigenvalue weighted by Gasteiger charge is -2.47. The Morgan fingerprint density at radius 3 is 2.61 bits per heavy atom. The number of rotatable bonds is 4. The van der Waals surface area contributed by atoms with E-state index in [1.54, 1.807) is 0 Å². The first-order chi connectivity index (χ1) is 15.3. The minimum Gasteiger partial charge on any atom is -0.355 e. The summed E-state index contributed by atoms with van der Waals surface area (Å²) in [7, 11) is 0. The van der Waals surface area contributed by atoms with E-state index in [-0.39, 0.29) is 0 Å². The van der Waals surface area contributed by atoms with Crippen LogP contribution in [-0.2, 0) is 6.54 Å². The molecule has 0 bridgehead atoms. The number of hydrogen-bond donors (Lipinski definition) is 0. The number of nitrogens with zero attached hydrogens (tertiary/aromatic N) is 6. The van der Waals surface area contributed by atoms with Crippen LogP contribution in [-0.4, -0.2) is 51.2 Å². The molecule has 4 heterocycles. The van der Waals surface area contributed by atoms with Gasteiger partial charge in [0.25, 0.3) is 0 Å². The van der Waals surface area contributed by atoms with Crippen LogP contribution in [0.15, 0.2) is 35.0 Å². The molecule has 162 valence electrons. The second kappa shape index (κ2) is 7.86. The molecule has 1 aromatic carbocycles. The molecular formula is C24H30N6O. The number of hydrogen-bond acceptors (Lipinski definition) is 7. The van der Waals surface area contributed by atoms with Crippen LogP contribution in [0.1, 0.15) is 62.6 Å². The minimum absolute atomic E-state index is 0.402. The lowest BCUT2D eigenvalue weighted by Crippen LogP contribution is -2.49. The topological polar surface area (TPSA) is 71.2 Å². The van der Waals surface area contributed by atoms with Crippen LogP contribution in [0.5, 0.6) is 0 Å². The fraction of sp³-hybridized carbons (Fsp3) is 0.583. The first-order valence-corrected chi connectivity index (χ1v) is 11.8. The van der Waals surface area contributed by atoms with Gasteiger partial charge in [0.15, 0.2) is 5.82 Å². The van der Waals surface area contributed by atoms with E-state index in [9.17, 15) is 0 Å². The third-order valence-corrected chi connectivity index (χ3v) is 7.63. The van der Waals surface area contributed by atoms with Gasteiger partial charge >= 0.3 is 0 Å². The van der Waals surface area contributed by atoms with Gasteiger partial charge in [-0.15, -0.1) is 0 Å². The maximum atomic E-state index is 5.53. The molecule has 1 aliphatic carbocycles. The monoisotopic (exact) mass is 418 g/mol. The van der Waals surface area contributed by atoms with Crippen LogP contribution in [0.4, 0.5) is 5.82 Å². The van der Waals surface area contributed by atoms with E-state index in [0.29, 0.717) is 11.3 Å². The maximum Gasteiger partial charge on any atom is 0.229 e. The lowest BCUT2D eigenvalue weighted by atomic mass is 9.72. The van der Waals surface area contributed by atoms with Crippen LogP contribution >= 0.6 is 0 Å². The Balaban J connectivity index is 1.09. The number of piperidine rings is 2. The van der Waals surface area contributed by atoms with Crippen molar-refractivity contribution in [3.8, 4) is 0 Å². The zero-order valence-corrected chi connectivity index (χ0v) is 18.0. The minimum atomic E-state index is 0.402. The molecule has 6 rings (SSSR count). The summed E-state index contributed by atoms with van der Waals surface area (Å²) in [5.41, 5.74) is 2.34. The molecule has 7 nitrogen and oxygen atoms in total. The molecule has 2 aromatic heterocycles. The Hall–Kier alpha value is -2.54. The standard InChI is InChI=1S/C24H30N6O/c1-2-8-20-19(7-1)25-15-22(26-20)30-13-10-24(11-14-30)9-4-12-29(17-24)16-21-27-23(31-28-21)18-5-3-6-18/h1-2,7-8,15,18H,3-6,9-14,16-17H2. The van der Waals surface area contributed by atoms with Gasteiger partial charge in [0, 0.05) is 25.6 Å². The van der Waals surface area contributed by atoms with Crippen molar-refractivity contribution in [2.75, 3.05) is 31.1 Å². The molecule has 1 spiro atoms. The summed E-state index contributed by atoms with van der Waals surface area (Å²) in [6, 6.07) is 8.11. The first kappa shape index (κ1) is 19.2. The highest BCUT2D eigenvalue weighted by Gasteiger charge is 2.39. The van der Waals surface area contributed by atoms with E-state index in [0.717, 1.165) is 61.3 Å². The number of anilines is 1. The Morgan fingerprint density at radius 1 is 0.968 bits per heavy atom. The number of para-hydroxylation sites is 2. The molecule has 0 unspecified atom stereocenters. The van der Waals surface area contributed by atoms with E-state index in [2.05, 4.69) is 19.9 Å². The normalized spacial score (nSPS) is 22.1. The van der Waals surface area contributed by atoms with Gasteiger partial charge in [0.1, 0.15) is 5.82 Å². The van der Waals surface area contributed by atoms with E-state index in [1.165, 1.54) is 44.9 Å². The number of fused-ring (bicyclic) bond motifs is 1. The second-order valence-electron chi connectivity index (χ2n) is 9.69. The van der Waals surface area contributed by atoms with Crippen molar-refractivity contribution in [1.29, 1.82) is 0 Å². The average Bonchev–Trinajstić information content (AvgIpc) is 3.20. The molecule has 2 saturated heterocycles. The molecular weight excluding hydrogens is 388 g/mol. The highest BCUT2D eigenvalue weighted by molar-refractivity contribution is 5.75. The zero-order valence-electron chi connectivity index (χ0n) is 18.0. The third-order valence-electron chi connectivity index (χ3n) is 7.63. The van der Waals surface area contributed by atoms with Crippen molar-refractivity contribution < 1.29 is 4.52 Å². The molecule has 0 amide bonds. The van der Waals surface area contributed by atoms with Crippen molar-refractivity contribution >= 4 is 16.9 Å². The molecule has 0 atom stereocenters. The van der Waals surface area contributed by atoms with Crippen LogP contribution in [0.3, 0.4) is 0 Å². The number of aromatic nitrogens is 4. The molecule has 0 radical (unpaired) electrons. The lowest BCUT2D eigenvalue weighted by molar-refractivity contribution is 0.0584. The Kier molecular flexibility index (Phi) is 4.86. The molecule has 31 heavy (non-hydrogen) atoms. The van der Waals surface area contributed by atoms with Gasteiger partial charge in [-0.25, -0.2) is 4.98 Å². The maximum absolute atomic E-state index is 5.53. The first-order valence-electron chi connectivity index (χ1n) is 11.8. The molecule has 0 N–H and O–H groups in total. The average molecular weight is 419 g/mol. The summed E-state index contributed by atoms with van der Waals surface area (Å²) >= 11 is 0. The van der Waals surface area contributed by atoms with Gasteiger partial charge in [-0.3, -0.25) is 9.88 Å². The fourth-order valence-electron chi connectivity index (χ4n) is 5.52. The smallest absolute Gasteiger partial charge is 0.229 e. The van der Waals surface area contributed by atoms with Crippen molar-refractivity contribution in [3.63, 3.8) is 0 Å². The zero-order chi connectivity index (χ0) is 20.7. The SMILES string of the molecule is c1ccc2nc(N3CCC4(CCCN(Cc5noc(C6CCC6)n5)C4)CC3)cnc2c1. The van der Waals surface area contributed by atoms with Gasteiger partial charge in [-0.2, -0.15) is 4.98 Å². The highest BCUT2D eigenvalue weighted by atomic mass is 16.5. The van der Waals surface area contributed by atoms with Gasteiger partial charge in [-0.1, -0.05) is 23.7 Å². The van der Waals surface area contributed by atoms with Crippen molar-refractivity contribution in [2.24, 2.45) is 5.41 Å². The Bertz CT molecular complexity index is 1050. The summed E-state index contributed by atoms with van der Waals surface area (Å²) in [4.78, 5) is 19.1. The summed E-state index contributed by atoms with van der Waals surface area (Å²) in [6.07, 6.45) is 10.6. The van der Waals surface area contributed by atoms with E-state index >= 15 is 0 Å². The molecule has 3 aromatic rings. The van der Waals surface area contributed by atoms with Gasteiger partial charge < -0.3 is 9.42 Å². The molecule has 3 aliphatic rings. The van der Waals surface area contributed by atoms with E-state index in [4.69, 9.17) is 14.5 Å². The summed E-state index contributed by atoms with van der Waals surface area (Å²) in [5, 5.41) is 4.27. The van der Waals surface area contributed by atoms with Crippen LogP contribution in [0.25, 0.3) is 11.0 Å². The third kappa shape index (κ3) is 3.80. The van der Waals surface area contributed by atoms with Crippen molar-refractivity contribution in [3.05, 3.63) is 42.2 Å². The summed E-state index contributed by atoms with van der Waals surface area (Å²) in [5.74, 6) is 3.24. The Morgan fingerprint density at radius 2 is 1.81 bits per heavy atom. The Labute approximate surface area is 182 Å². The summed E-state index contributed by atoms with van der Waals surface area (Å²) in [6.45, 7) is 5.19. The van der Waals surface area contributed by atoms with Crippen LogP contribution < -0.4 is 4.90 Å². The number of likely N-dealkylation sites (tertiary alicyclic amines) is 1.